The van der Waals surface area contributed by atoms with Crippen molar-refractivity contribution in [3.63, 3.8) is 0 Å². The largest absolute Gasteiger partial charge is 0.327 e. The van der Waals surface area contributed by atoms with Crippen LogP contribution in [0, 0.1) is 6.92 Å². The first-order valence-electron chi connectivity index (χ1n) is 9.87. The van der Waals surface area contributed by atoms with E-state index >= 15 is 0 Å². The van der Waals surface area contributed by atoms with Crippen molar-refractivity contribution >= 4 is 45.3 Å². The smallest absolute Gasteiger partial charge is 0.307 e. The molecule has 3 rings (SSSR count). The Morgan fingerprint density at radius 3 is 2.16 bits per heavy atom. The number of carbonyl (C=O) groups is 1. The van der Waals surface area contributed by atoms with Gasteiger partial charge < -0.3 is 5.32 Å². The SMILES string of the molecule is CC.Cc1nc(N(C)C(=O)Nc2ccc(-c3ccccc3)cc2)sc1N(O)SN(C)C. The summed E-state index contributed by atoms with van der Waals surface area (Å²) >= 11 is 2.37. The molecule has 0 bridgehead atoms. The Morgan fingerprint density at radius 2 is 1.58 bits per heavy atom. The van der Waals surface area contributed by atoms with E-state index in [1.54, 1.807) is 18.3 Å². The average molecular weight is 460 g/mol. The van der Waals surface area contributed by atoms with Gasteiger partial charge in [0.25, 0.3) is 0 Å². The van der Waals surface area contributed by atoms with Gasteiger partial charge in [-0.15, -0.1) is 0 Å². The second kappa shape index (κ2) is 11.7. The lowest BCUT2D eigenvalue weighted by Gasteiger charge is -2.17. The normalized spacial score (nSPS) is 10.3. The molecule has 0 spiro atoms. The Labute approximate surface area is 192 Å². The van der Waals surface area contributed by atoms with Gasteiger partial charge in [0, 0.05) is 12.7 Å². The van der Waals surface area contributed by atoms with Gasteiger partial charge in [0.05, 0.1) is 17.8 Å². The fraction of sp³-hybridized carbons (Fsp3) is 0.273. The fourth-order valence-corrected chi connectivity index (χ4v) is 4.13. The second-order valence-corrected chi connectivity index (χ2v) is 8.68. The highest BCUT2D eigenvalue weighted by atomic mass is 32.2. The number of carbonyl (C=O) groups excluding carboxylic acids is 1. The number of hydrogen-bond acceptors (Lipinski definition) is 7. The summed E-state index contributed by atoms with van der Waals surface area (Å²) < 4.78 is 2.80. The standard InChI is InChI=1S/C20H23N5O2S2.C2H6/c1-14-18(25(27)29-23(2)3)28-20(21-14)24(4)19(26)22-17-12-10-16(11-13-17)15-8-6-5-7-9-15;1-2/h5-13,27H,1-4H3,(H,22,26);1-2H3. The van der Waals surface area contributed by atoms with Gasteiger partial charge in [-0.2, -0.15) is 4.47 Å². The van der Waals surface area contributed by atoms with Crippen molar-refractivity contribution in [3.8, 4) is 11.1 Å². The minimum Gasteiger partial charge on any atom is -0.307 e. The van der Waals surface area contributed by atoms with Crippen LogP contribution >= 0.6 is 23.5 Å². The Balaban J connectivity index is 0.00000166. The number of rotatable bonds is 6. The molecule has 0 fully saturated rings. The average Bonchev–Trinajstić information content (AvgIpc) is 3.17. The predicted molar refractivity (Wildman–Crippen MR) is 133 cm³/mol. The molecular weight excluding hydrogens is 430 g/mol. The molecule has 0 radical (unpaired) electrons. The zero-order chi connectivity index (χ0) is 23.0. The van der Waals surface area contributed by atoms with E-state index in [0.717, 1.165) is 27.7 Å². The van der Waals surface area contributed by atoms with Crippen molar-refractivity contribution in [1.82, 2.24) is 9.29 Å². The molecule has 0 unspecified atom stereocenters. The first-order chi connectivity index (χ1) is 14.8. The number of anilines is 3. The van der Waals surface area contributed by atoms with Crippen LogP contribution in [-0.4, -0.2) is 41.7 Å². The maximum atomic E-state index is 12.6. The molecule has 0 atom stereocenters. The number of hydrogen-bond donors (Lipinski definition) is 2. The molecule has 0 saturated heterocycles. The Kier molecular flexibility index (Phi) is 9.32. The van der Waals surface area contributed by atoms with E-state index in [1.807, 2.05) is 82.5 Å². The van der Waals surface area contributed by atoms with Gasteiger partial charge in [0.15, 0.2) is 10.1 Å². The quantitative estimate of drug-likeness (QED) is 0.341. The second-order valence-electron chi connectivity index (χ2n) is 6.49. The highest BCUT2D eigenvalue weighted by Gasteiger charge is 2.20. The van der Waals surface area contributed by atoms with Gasteiger partial charge in [0.1, 0.15) is 0 Å². The van der Waals surface area contributed by atoms with Crippen molar-refractivity contribution in [2.45, 2.75) is 20.8 Å². The Bertz CT molecular complexity index is 962. The lowest BCUT2D eigenvalue weighted by molar-refractivity contribution is 0.258. The summed E-state index contributed by atoms with van der Waals surface area (Å²) in [5.74, 6) is 0. The summed E-state index contributed by atoms with van der Waals surface area (Å²) in [6.45, 7) is 5.79. The molecule has 31 heavy (non-hydrogen) atoms. The summed E-state index contributed by atoms with van der Waals surface area (Å²) in [5, 5.41) is 14.1. The van der Waals surface area contributed by atoms with Crippen molar-refractivity contribution in [2.75, 3.05) is 35.8 Å². The molecule has 0 aliphatic heterocycles. The van der Waals surface area contributed by atoms with Gasteiger partial charge in [-0.3, -0.25) is 10.1 Å². The van der Waals surface area contributed by atoms with Crippen LogP contribution in [0.5, 0.6) is 0 Å². The highest BCUT2D eigenvalue weighted by molar-refractivity contribution is 7.98. The zero-order valence-corrected chi connectivity index (χ0v) is 20.3. The van der Waals surface area contributed by atoms with E-state index in [2.05, 4.69) is 10.3 Å². The van der Waals surface area contributed by atoms with Crippen LogP contribution in [0.2, 0.25) is 0 Å². The number of thiazole rings is 1. The molecule has 0 saturated carbocycles. The van der Waals surface area contributed by atoms with E-state index in [0.29, 0.717) is 21.5 Å². The fourth-order valence-electron chi connectivity index (χ4n) is 2.56. The van der Waals surface area contributed by atoms with E-state index in [9.17, 15) is 10.0 Å². The monoisotopic (exact) mass is 459 g/mol. The molecule has 166 valence electrons. The molecule has 2 amide bonds. The van der Waals surface area contributed by atoms with Crippen LogP contribution < -0.4 is 14.7 Å². The third kappa shape index (κ3) is 6.70. The van der Waals surface area contributed by atoms with Crippen molar-refractivity contribution in [3.05, 3.63) is 60.3 Å². The molecule has 0 aliphatic rings. The topological polar surface area (TPSA) is 71.9 Å². The van der Waals surface area contributed by atoms with Crippen LogP contribution in [0.15, 0.2) is 54.6 Å². The lowest BCUT2D eigenvalue weighted by atomic mass is 10.1. The number of amides is 2. The van der Waals surface area contributed by atoms with Crippen LogP contribution in [-0.2, 0) is 0 Å². The number of nitrogens with one attached hydrogen (secondary N) is 1. The van der Waals surface area contributed by atoms with Crippen LogP contribution in [0.4, 0.5) is 20.6 Å². The number of aryl methyl sites for hydroxylation is 1. The highest BCUT2D eigenvalue weighted by Crippen LogP contribution is 2.36. The molecule has 7 nitrogen and oxygen atoms in total. The molecule has 1 aromatic heterocycles. The molecule has 3 aromatic rings. The van der Waals surface area contributed by atoms with Crippen LogP contribution in [0.25, 0.3) is 11.1 Å². The summed E-state index contributed by atoms with van der Waals surface area (Å²) in [4.78, 5) is 18.5. The van der Waals surface area contributed by atoms with E-state index in [1.165, 1.54) is 16.2 Å². The third-order valence-corrected chi connectivity index (χ3v) is 6.00. The van der Waals surface area contributed by atoms with Gasteiger partial charge in [-0.1, -0.05) is 67.6 Å². The summed E-state index contributed by atoms with van der Waals surface area (Å²) in [5.41, 5.74) is 3.55. The third-order valence-electron chi connectivity index (χ3n) is 4.01. The Hall–Kier alpha value is -2.59. The summed E-state index contributed by atoms with van der Waals surface area (Å²) in [6.07, 6.45) is 0. The number of aromatic nitrogens is 1. The molecule has 9 heteroatoms. The molecule has 0 aliphatic carbocycles. The molecular formula is C22H29N5O2S2. The predicted octanol–water partition coefficient (Wildman–Crippen LogP) is 6.13. The molecule has 2 N–H and O–H groups in total. The van der Waals surface area contributed by atoms with Crippen LogP contribution in [0.3, 0.4) is 0 Å². The first-order valence-corrected chi connectivity index (χ1v) is 11.4. The minimum atomic E-state index is -0.303. The lowest BCUT2D eigenvalue weighted by Crippen LogP contribution is -2.31. The number of nitrogens with zero attached hydrogens (tertiary/aromatic N) is 4. The van der Waals surface area contributed by atoms with Gasteiger partial charge in [-0.25, -0.2) is 14.1 Å². The van der Waals surface area contributed by atoms with Gasteiger partial charge in [-0.05, 0) is 44.3 Å². The van der Waals surface area contributed by atoms with Crippen molar-refractivity contribution in [2.24, 2.45) is 0 Å². The maximum absolute atomic E-state index is 12.6. The number of urea groups is 1. The van der Waals surface area contributed by atoms with E-state index in [4.69, 9.17) is 0 Å². The van der Waals surface area contributed by atoms with Gasteiger partial charge in [0.2, 0.25) is 0 Å². The zero-order valence-electron chi connectivity index (χ0n) is 18.7. The van der Waals surface area contributed by atoms with E-state index < -0.39 is 0 Å². The molecule has 2 aromatic carbocycles. The Morgan fingerprint density at radius 1 is 1.00 bits per heavy atom. The van der Waals surface area contributed by atoms with Crippen LogP contribution in [0.1, 0.15) is 19.5 Å². The number of benzene rings is 2. The van der Waals surface area contributed by atoms with Crippen molar-refractivity contribution < 1.29 is 10.0 Å². The first kappa shape index (κ1) is 24.7. The maximum Gasteiger partial charge on any atom is 0.327 e. The summed E-state index contributed by atoms with van der Waals surface area (Å²) in [7, 11) is 5.30. The van der Waals surface area contributed by atoms with Crippen molar-refractivity contribution in [1.29, 1.82) is 0 Å². The van der Waals surface area contributed by atoms with Gasteiger partial charge >= 0.3 is 6.03 Å². The summed E-state index contributed by atoms with van der Waals surface area (Å²) in [6, 6.07) is 17.4. The molecule has 1 heterocycles. The van der Waals surface area contributed by atoms with E-state index in [-0.39, 0.29) is 6.03 Å². The minimum absolute atomic E-state index is 0.303.